The number of nitrogen functional groups attached to an aromatic ring is 1. The number of rotatable bonds is 4. The van der Waals surface area contributed by atoms with Crippen molar-refractivity contribution < 1.29 is 14.5 Å². The number of hydrogen-bond donors (Lipinski definition) is 2. The van der Waals surface area contributed by atoms with Gasteiger partial charge in [0.25, 0.3) is 5.91 Å². The summed E-state index contributed by atoms with van der Waals surface area (Å²) < 4.78 is 5.32. The molecule has 1 amide bonds. The van der Waals surface area contributed by atoms with Crippen molar-refractivity contribution in [1.29, 1.82) is 0 Å². The number of carbonyl (C=O) groups is 1. The number of hydrogen-bond acceptors (Lipinski definition) is 5. The second-order valence-corrected chi connectivity index (χ2v) is 5.81. The maximum Gasteiger partial charge on any atom is 0.304 e. The summed E-state index contributed by atoms with van der Waals surface area (Å²) in [5.74, 6) is -0.485. The smallest absolute Gasteiger partial charge is 0.304 e. The lowest BCUT2D eigenvalue weighted by Crippen LogP contribution is -2.61. The molecule has 7 nitrogen and oxygen atoms in total. The zero-order valence-corrected chi connectivity index (χ0v) is 12.3. The van der Waals surface area contributed by atoms with Gasteiger partial charge in [0, 0.05) is 18.6 Å². The van der Waals surface area contributed by atoms with E-state index in [2.05, 4.69) is 5.32 Å². The van der Waals surface area contributed by atoms with Gasteiger partial charge in [-0.25, -0.2) is 0 Å². The number of nitro benzene ring substituents is 1. The van der Waals surface area contributed by atoms with E-state index >= 15 is 0 Å². The monoisotopic (exact) mass is 293 g/mol. The summed E-state index contributed by atoms with van der Waals surface area (Å²) in [7, 11) is 1.63. The molecule has 1 aliphatic rings. The number of nitrogens with one attached hydrogen (secondary N) is 1. The SMILES string of the molecule is COC1CC(NC(=O)c2cccc(N)c2[N+](=O)[O-])C1(C)C. The lowest BCUT2D eigenvalue weighted by molar-refractivity contribution is -0.384. The molecule has 2 unspecified atom stereocenters. The average molecular weight is 293 g/mol. The van der Waals surface area contributed by atoms with Crippen LogP contribution in [-0.2, 0) is 4.74 Å². The molecule has 1 fully saturated rings. The van der Waals surface area contributed by atoms with Crippen LogP contribution in [0.5, 0.6) is 0 Å². The van der Waals surface area contributed by atoms with Crippen molar-refractivity contribution >= 4 is 17.3 Å². The highest BCUT2D eigenvalue weighted by molar-refractivity contribution is 6.00. The highest BCUT2D eigenvalue weighted by atomic mass is 16.6. The largest absolute Gasteiger partial charge is 0.393 e. The van der Waals surface area contributed by atoms with E-state index in [-0.39, 0.29) is 34.5 Å². The van der Waals surface area contributed by atoms with Gasteiger partial charge in [0.15, 0.2) is 0 Å². The van der Waals surface area contributed by atoms with Gasteiger partial charge in [-0.2, -0.15) is 0 Å². The van der Waals surface area contributed by atoms with E-state index < -0.39 is 10.8 Å². The summed E-state index contributed by atoms with van der Waals surface area (Å²) in [6.45, 7) is 3.98. The number of nitrogens with two attached hydrogens (primary N) is 1. The van der Waals surface area contributed by atoms with E-state index in [0.717, 1.165) is 0 Å². The number of amides is 1. The Balaban J connectivity index is 2.20. The Morgan fingerprint density at radius 1 is 1.52 bits per heavy atom. The van der Waals surface area contributed by atoms with Crippen molar-refractivity contribution in [2.24, 2.45) is 5.41 Å². The van der Waals surface area contributed by atoms with Crippen LogP contribution in [0.2, 0.25) is 0 Å². The van der Waals surface area contributed by atoms with Gasteiger partial charge in [0.2, 0.25) is 0 Å². The molecule has 7 heteroatoms. The van der Waals surface area contributed by atoms with Gasteiger partial charge in [-0.1, -0.05) is 19.9 Å². The Hall–Kier alpha value is -2.15. The molecule has 0 radical (unpaired) electrons. The highest BCUT2D eigenvalue weighted by Crippen LogP contribution is 2.42. The maximum atomic E-state index is 12.3. The Kier molecular flexibility index (Phi) is 3.87. The molecule has 2 rings (SSSR count). The molecule has 0 heterocycles. The first kappa shape index (κ1) is 15.2. The number of ether oxygens (including phenoxy) is 1. The van der Waals surface area contributed by atoms with Gasteiger partial charge in [-0.05, 0) is 18.6 Å². The summed E-state index contributed by atoms with van der Waals surface area (Å²) in [6, 6.07) is 4.25. The van der Waals surface area contributed by atoms with Crippen LogP contribution in [0.3, 0.4) is 0 Å². The molecule has 1 aromatic rings. The van der Waals surface area contributed by atoms with E-state index in [1.165, 1.54) is 18.2 Å². The van der Waals surface area contributed by atoms with Crippen molar-refractivity contribution in [3.8, 4) is 0 Å². The van der Waals surface area contributed by atoms with Gasteiger partial charge in [0.1, 0.15) is 11.3 Å². The van der Waals surface area contributed by atoms with E-state index in [9.17, 15) is 14.9 Å². The van der Waals surface area contributed by atoms with Crippen molar-refractivity contribution in [3.63, 3.8) is 0 Å². The maximum absolute atomic E-state index is 12.3. The minimum atomic E-state index is -0.631. The van der Waals surface area contributed by atoms with Gasteiger partial charge < -0.3 is 15.8 Å². The normalized spacial score (nSPS) is 23.2. The summed E-state index contributed by atoms with van der Waals surface area (Å²) in [4.78, 5) is 22.7. The first-order chi connectivity index (χ1) is 9.78. The van der Waals surface area contributed by atoms with Crippen LogP contribution in [0.1, 0.15) is 30.6 Å². The van der Waals surface area contributed by atoms with Gasteiger partial charge >= 0.3 is 5.69 Å². The summed E-state index contributed by atoms with van der Waals surface area (Å²) in [5.41, 5.74) is 5.00. The van der Waals surface area contributed by atoms with E-state index in [1.54, 1.807) is 7.11 Å². The fraction of sp³-hybridized carbons (Fsp3) is 0.500. The Morgan fingerprint density at radius 3 is 2.71 bits per heavy atom. The molecule has 0 bridgehead atoms. The quantitative estimate of drug-likeness (QED) is 0.499. The van der Waals surface area contributed by atoms with E-state index in [1.807, 2.05) is 13.8 Å². The summed E-state index contributed by atoms with van der Waals surface area (Å²) in [5, 5.41) is 13.9. The van der Waals surface area contributed by atoms with Crippen LogP contribution in [0.15, 0.2) is 18.2 Å². The van der Waals surface area contributed by atoms with Crippen LogP contribution in [-0.4, -0.2) is 30.1 Å². The zero-order chi connectivity index (χ0) is 15.8. The first-order valence-electron chi connectivity index (χ1n) is 6.65. The molecule has 1 aromatic carbocycles. The lowest BCUT2D eigenvalue weighted by atomic mass is 9.64. The molecule has 21 heavy (non-hydrogen) atoms. The zero-order valence-electron chi connectivity index (χ0n) is 12.3. The molecule has 114 valence electrons. The van der Waals surface area contributed by atoms with Crippen molar-refractivity contribution in [3.05, 3.63) is 33.9 Å². The van der Waals surface area contributed by atoms with Crippen molar-refractivity contribution in [2.45, 2.75) is 32.4 Å². The van der Waals surface area contributed by atoms with E-state index in [4.69, 9.17) is 10.5 Å². The molecule has 1 aliphatic carbocycles. The number of carbonyl (C=O) groups excluding carboxylic acids is 1. The van der Waals surface area contributed by atoms with Crippen LogP contribution >= 0.6 is 0 Å². The predicted octanol–water partition coefficient (Wildman–Crippen LogP) is 1.72. The predicted molar refractivity (Wildman–Crippen MR) is 78.0 cm³/mol. The summed E-state index contributed by atoms with van der Waals surface area (Å²) in [6.07, 6.45) is 0.754. The van der Waals surface area contributed by atoms with Crippen molar-refractivity contribution in [2.75, 3.05) is 12.8 Å². The molecule has 0 aliphatic heterocycles. The average Bonchev–Trinajstić information content (AvgIpc) is 2.41. The van der Waals surface area contributed by atoms with Crippen LogP contribution < -0.4 is 11.1 Å². The Morgan fingerprint density at radius 2 is 2.19 bits per heavy atom. The Labute approximate surface area is 122 Å². The minimum absolute atomic E-state index is 0.0170. The second-order valence-electron chi connectivity index (χ2n) is 5.81. The molecular weight excluding hydrogens is 274 g/mol. The molecule has 2 atom stereocenters. The molecule has 0 spiro atoms. The molecule has 0 aromatic heterocycles. The third kappa shape index (κ3) is 2.56. The number of nitrogens with zero attached hydrogens (tertiary/aromatic N) is 1. The van der Waals surface area contributed by atoms with E-state index in [0.29, 0.717) is 6.42 Å². The molecule has 3 N–H and O–H groups in total. The van der Waals surface area contributed by atoms with Crippen LogP contribution in [0, 0.1) is 15.5 Å². The molecule has 0 saturated heterocycles. The number of nitro groups is 1. The van der Waals surface area contributed by atoms with Gasteiger partial charge in [0.05, 0.1) is 11.0 Å². The van der Waals surface area contributed by atoms with Crippen LogP contribution in [0.4, 0.5) is 11.4 Å². The highest BCUT2D eigenvalue weighted by Gasteiger charge is 2.49. The fourth-order valence-electron chi connectivity index (χ4n) is 2.71. The Bertz CT molecular complexity index is 586. The summed E-state index contributed by atoms with van der Waals surface area (Å²) >= 11 is 0. The standard InChI is InChI=1S/C14H19N3O4/c1-14(2)10(7-11(14)21-3)16-13(18)8-5-4-6-9(15)12(8)17(19)20/h4-6,10-11H,7,15H2,1-3H3,(H,16,18). The molecule has 1 saturated carbocycles. The third-order valence-corrected chi connectivity index (χ3v) is 4.26. The molecular formula is C14H19N3O4. The number of methoxy groups -OCH3 is 1. The number of para-hydroxylation sites is 1. The fourth-order valence-corrected chi connectivity index (χ4v) is 2.71. The van der Waals surface area contributed by atoms with Gasteiger partial charge in [-0.3, -0.25) is 14.9 Å². The topological polar surface area (TPSA) is 107 Å². The third-order valence-electron chi connectivity index (χ3n) is 4.26. The number of anilines is 1. The minimum Gasteiger partial charge on any atom is -0.393 e. The van der Waals surface area contributed by atoms with Gasteiger partial charge in [-0.15, -0.1) is 0 Å². The first-order valence-corrected chi connectivity index (χ1v) is 6.65. The lowest BCUT2D eigenvalue weighted by Gasteiger charge is -2.51. The number of benzene rings is 1. The van der Waals surface area contributed by atoms with Crippen molar-refractivity contribution in [1.82, 2.24) is 5.32 Å². The van der Waals surface area contributed by atoms with Crippen LogP contribution in [0.25, 0.3) is 0 Å². The second kappa shape index (κ2) is 5.33.